The van der Waals surface area contributed by atoms with Crippen LogP contribution in [0.1, 0.15) is 12.8 Å². The third-order valence-electron chi connectivity index (χ3n) is 5.48. The maximum Gasteiger partial charge on any atom is 0.290 e. The number of nitrogens with one attached hydrogen (secondary N) is 1. The van der Waals surface area contributed by atoms with Crippen LogP contribution in [0.25, 0.3) is 0 Å². The molecular formula is C17H23ClN4O4S. The van der Waals surface area contributed by atoms with E-state index in [1.165, 1.54) is 0 Å². The van der Waals surface area contributed by atoms with Gasteiger partial charge >= 0.3 is 0 Å². The molecule has 1 spiro atoms. The summed E-state index contributed by atoms with van der Waals surface area (Å²) in [6.45, 7) is 2.15. The van der Waals surface area contributed by atoms with Gasteiger partial charge in [0.25, 0.3) is 6.47 Å². The van der Waals surface area contributed by atoms with Crippen LogP contribution >= 0.6 is 23.4 Å². The first-order valence-electron chi connectivity index (χ1n) is 8.77. The molecule has 3 aliphatic rings. The van der Waals surface area contributed by atoms with Crippen molar-refractivity contribution in [1.29, 1.82) is 0 Å². The molecule has 3 fully saturated rings. The fourth-order valence-corrected chi connectivity index (χ4v) is 4.96. The average Bonchev–Trinajstić information content (AvgIpc) is 3.30. The molecule has 0 aromatic carbocycles. The van der Waals surface area contributed by atoms with E-state index < -0.39 is 0 Å². The Kier molecular flexibility index (Phi) is 6.44. The molecule has 3 saturated heterocycles. The van der Waals surface area contributed by atoms with Crippen molar-refractivity contribution in [3.05, 3.63) is 17.4 Å². The second kappa shape index (κ2) is 8.62. The standard InChI is InChI=1S/C16H21ClN4O2S.CH2O2/c1-24-8-14(22)18-6-11-12-7-21(15-19-4-10(17)5-20-15)9-16(12)3-2-13(11)23-16;2-1-3/h4-5,11-13H,2-3,6-9H2,1H3,(H,18,22);1H,(H,2,3)/t11-,12+,13+,16+;/m0./s1. The molecule has 4 heterocycles. The first-order chi connectivity index (χ1) is 13.0. The fraction of sp³-hybridized carbons (Fsp3) is 0.647. The SMILES string of the molecule is CSCC(=O)NC[C@H]1[C@H]2CN(c3ncc(Cl)cn3)C[C@]23CC[C@H]1O3.O=CO. The summed E-state index contributed by atoms with van der Waals surface area (Å²) in [5.41, 5.74) is -0.0947. The van der Waals surface area contributed by atoms with Gasteiger partial charge in [-0.1, -0.05) is 11.6 Å². The minimum absolute atomic E-state index is 0.0947. The molecule has 1 amide bonds. The highest BCUT2D eigenvalue weighted by Crippen LogP contribution is 2.54. The summed E-state index contributed by atoms with van der Waals surface area (Å²) in [6.07, 6.45) is 7.65. The summed E-state index contributed by atoms with van der Waals surface area (Å²) >= 11 is 7.43. The predicted octanol–water partition coefficient (Wildman–Crippen LogP) is 1.29. The van der Waals surface area contributed by atoms with Gasteiger partial charge in [-0.05, 0) is 19.1 Å². The van der Waals surface area contributed by atoms with Gasteiger partial charge in [0.05, 0.1) is 41.4 Å². The van der Waals surface area contributed by atoms with Gasteiger partial charge in [-0.25, -0.2) is 9.97 Å². The highest BCUT2D eigenvalue weighted by molar-refractivity contribution is 7.99. The quantitative estimate of drug-likeness (QED) is 0.694. The number of aromatic nitrogens is 2. The molecule has 0 saturated carbocycles. The zero-order chi connectivity index (χ0) is 19.4. The lowest BCUT2D eigenvalue weighted by Gasteiger charge is -2.29. The molecule has 2 bridgehead atoms. The molecule has 1 aromatic heterocycles. The Morgan fingerprint density at radius 2 is 2.26 bits per heavy atom. The van der Waals surface area contributed by atoms with E-state index in [9.17, 15) is 4.79 Å². The van der Waals surface area contributed by atoms with Gasteiger partial charge < -0.3 is 20.1 Å². The van der Waals surface area contributed by atoms with E-state index in [1.807, 2.05) is 6.26 Å². The Labute approximate surface area is 167 Å². The molecule has 148 valence electrons. The van der Waals surface area contributed by atoms with Crippen molar-refractivity contribution in [1.82, 2.24) is 15.3 Å². The number of nitrogens with zero attached hydrogens (tertiary/aromatic N) is 3. The maximum atomic E-state index is 11.8. The van der Waals surface area contributed by atoms with Gasteiger partial charge in [-0.15, -0.1) is 0 Å². The Hall–Kier alpha value is -1.58. The lowest BCUT2D eigenvalue weighted by atomic mass is 9.73. The fourth-order valence-electron chi connectivity index (χ4n) is 4.50. The second-order valence-electron chi connectivity index (χ2n) is 6.95. The number of thioether (sulfide) groups is 1. The smallest absolute Gasteiger partial charge is 0.290 e. The van der Waals surface area contributed by atoms with Crippen LogP contribution in [-0.4, -0.2) is 70.8 Å². The van der Waals surface area contributed by atoms with Crippen molar-refractivity contribution in [3.63, 3.8) is 0 Å². The van der Waals surface area contributed by atoms with Crippen LogP contribution < -0.4 is 10.2 Å². The van der Waals surface area contributed by atoms with Crippen LogP contribution in [0.2, 0.25) is 5.02 Å². The molecule has 0 aliphatic carbocycles. The van der Waals surface area contributed by atoms with Crippen LogP contribution in [0, 0.1) is 11.8 Å². The number of hydrogen-bond donors (Lipinski definition) is 2. The molecule has 10 heteroatoms. The molecule has 0 unspecified atom stereocenters. The second-order valence-corrected chi connectivity index (χ2v) is 8.26. The molecule has 2 N–H and O–H groups in total. The summed E-state index contributed by atoms with van der Waals surface area (Å²) < 4.78 is 6.38. The normalized spacial score (nSPS) is 30.4. The number of hydrogen-bond acceptors (Lipinski definition) is 7. The first kappa shape index (κ1) is 20.2. The number of amides is 1. The van der Waals surface area contributed by atoms with Gasteiger partial charge in [0.15, 0.2) is 0 Å². The summed E-state index contributed by atoms with van der Waals surface area (Å²) in [5.74, 6) is 2.13. The van der Waals surface area contributed by atoms with Gasteiger partial charge in [0, 0.05) is 24.9 Å². The van der Waals surface area contributed by atoms with Crippen molar-refractivity contribution in [3.8, 4) is 0 Å². The van der Waals surface area contributed by atoms with Gasteiger partial charge in [0.2, 0.25) is 11.9 Å². The van der Waals surface area contributed by atoms with Crippen LogP contribution in [0.5, 0.6) is 0 Å². The Balaban J connectivity index is 0.000000659. The van der Waals surface area contributed by atoms with E-state index in [2.05, 4.69) is 20.2 Å². The van der Waals surface area contributed by atoms with Crippen molar-refractivity contribution in [2.75, 3.05) is 36.5 Å². The molecule has 0 radical (unpaired) electrons. The third kappa shape index (κ3) is 4.14. The summed E-state index contributed by atoms with van der Waals surface area (Å²) in [7, 11) is 0. The maximum absolute atomic E-state index is 11.8. The Morgan fingerprint density at radius 3 is 2.93 bits per heavy atom. The first-order valence-corrected chi connectivity index (χ1v) is 10.5. The van der Waals surface area contributed by atoms with E-state index in [-0.39, 0.29) is 24.1 Å². The molecule has 4 atom stereocenters. The Morgan fingerprint density at radius 1 is 1.56 bits per heavy atom. The number of fused-ring (bicyclic) bond motifs is 1. The number of halogens is 1. The predicted molar refractivity (Wildman–Crippen MR) is 103 cm³/mol. The number of carbonyl (C=O) groups is 2. The number of carboxylic acid groups (broad SMARTS) is 1. The van der Waals surface area contributed by atoms with E-state index in [0.29, 0.717) is 35.1 Å². The summed E-state index contributed by atoms with van der Waals surface area (Å²) in [5, 5.41) is 10.5. The molecular weight excluding hydrogens is 392 g/mol. The topological polar surface area (TPSA) is 105 Å². The molecule has 27 heavy (non-hydrogen) atoms. The van der Waals surface area contributed by atoms with Crippen molar-refractivity contribution >= 4 is 41.7 Å². The largest absolute Gasteiger partial charge is 0.483 e. The zero-order valence-electron chi connectivity index (χ0n) is 15.0. The molecule has 3 aliphatic heterocycles. The van der Waals surface area contributed by atoms with Crippen LogP contribution in [-0.2, 0) is 14.3 Å². The highest BCUT2D eigenvalue weighted by Gasteiger charge is 2.63. The lowest BCUT2D eigenvalue weighted by molar-refractivity contribution is -0.123. The number of anilines is 1. The van der Waals surface area contributed by atoms with Crippen LogP contribution in [0.3, 0.4) is 0 Å². The van der Waals surface area contributed by atoms with Crippen molar-refractivity contribution in [2.24, 2.45) is 11.8 Å². The summed E-state index contributed by atoms with van der Waals surface area (Å²) in [6, 6.07) is 0. The van der Waals surface area contributed by atoms with Crippen molar-refractivity contribution in [2.45, 2.75) is 24.5 Å². The monoisotopic (exact) mass is 414 g/mol. The number of rotatable bonds is 5. The Bertz CT molecular complexity index is 679. The molecule has 1 aromatic rings. The minimum Gasteiger partial charge on any atom is -0.483 e. The van der Waals surface area contributed by atoms with Gasteiger partial charge in [-0.3, -0.25) is 9.59 Å². The summed E-state index contributed by atoms with van der Waals surface area (Å²) in [4.78, 5) is 31.0. The molecule has 8 nitrogen and oxygen atoms in total. The zero-order valence-corrected chi connectivity index (χ0v) is 16.6. The van der Waals surface area contributed by atoms with Crippen LogP contribution in [0.4, 0.5) is 5.95 Å². The van der Waals surface area contributed by atoms with E-state index in [1.54, 1.807) is 24.2 Å². The van der Waals surface area contributed by atoms with Crippen molar-refractivity contribution < 1.29 is 19.4 Å². The third-order valence-corrected chi connectivity index (χ3v) is 6.23. The number of carbonyl (C=O) groups excluding carboxylic acids is 1. The number of ether oxygens (including phenoxy) is 1. The minimum atomic E-state index is -0.250. The van der Waals surface area contributed by atoms with E-state index in [0.717, 1.165) is 25.9 Å². The average molecular weight is 415 g/mol. The van der Waals surface area contributed by atoms with Gasteiger partial charge in [0.1, 0.15) is 0 Å². The van der Waals surface area contributed by atoms with Crippen LogP contribution in [0.15, 0.2) is 12.4 Å². The van der Waals surface area contributed by atoms with E-state index >= 15 is 0 Å². The molecule has 4 rings (SSSR count). The lowest BCUT2D eigenvalue weighted by Crippen LogP contribution is -2.42. The highest BCUT2D eigenvalue weighted by atomic mass is 35.5. The van der Waals surface area contributed by atoms with Gasteiger partial charge in [-0.2, -0.15) is 11.8 Å². The van der Waals surface area contributed by atoms with E-state index in [4.69, 9.17) is 26.2 Å².